The molecular formula is C17H28ClN3OS. The summed E-state index contributed by atoms with van der Waals surface area (Å²) in [5, 5.41) is 4.26. The number of amides is 1. The molecule has 130 valence electrons. The largest absolute Gasteiger partial charge is 0.355 e. The molecule has 2 aliphatic rings. The number of rotatable bonds is 4. The molecule has 1 aromatic rings. The van der Waals surface area contributed by atoms with Crippen LogP contribution in [0.1, 0.15) is 61.0 Å². The maximum Gasteiger partial charge on any atom is 0.224 e. The van der Waals surface area contributed by atoms with Gasteiger partial charge in [-0.05, 0) is 45.4 Å². The van der Waals surface area contributed by atoms with Crippen LogP contribution in [0.5, 0.6) is 0 Å². The van der Waals surface area contributed by atoms with Gasteiger partial charge in [-0.3, -0.25) is 4.79 Å². The average Bonchev–Trinajstić information content (AvgIpc) is 2.89. The number of carbonyl (C=O) groups excluding carboxylic acids is 1. The first-order chi connectivity index (χ1) is 10.6. The highest BCUT2D eigenvalue weighted by Gasteiger charge is 2.37. The van der Waals surface area contributed by atoms with Crippen LogP contribution in [0.3, 0.4) is 0 Å². The van der Waals surface area contributed by atoms with Gasteiger partial charge in [-0.25, -0.2) is 4.98 Å². The molecule has 1 amide bonds. The fraction of sp³-hybridized carbons (Fsp3) is 0.765. The van der Waals surface area contributed by atoms with E-state index in [2.05, 4.69) is 5.32 Å². The molecule has 3 rings (SSSR count). The molecule has 0 bridgehead atoms. The number of thiazole rings is 1. The SMILES string of the molecule is CC1(N)CCCCC1C(=O)NCCc1nc2c(s1)CCCC2.Cl. The second kappa shape index (κ2) is 7.95. The summed E-state index contributed by atoms with van der Waals surface area (Å²) in [6.07, 6.45) is 9.85. The molecule has 2 atom stereocenters. The molecule has 1 heterocycles. The number of fused-ring (bicyclic) bond motifs is 1. The maximum atomic E-state index is 12.4. The van der Waals surface area contributed by atoms with Crippen LogP contribution >= 0.6 is 23.7 Å². The molecule has 0 saturated heterocycles. The second-order valence-electron chi connectivity index (χ2n) is 7.03. The number of halogens is 1. The number of nitrogens with zero attached hydrogens (tertiary/aromatic N) is 1. The normalized spacial score (nSPS) is 27.0. The lowest BCUT2D eigenvalue weighted by Crippen LogP contribution is -2.53. The van der Waals surface area contributed by atoms with E-state index in [4.69, 9.17) is 10.7 Å². The van der Waals surface area contributed by atoms with Crippen LogP contribution in [0.25, 0.3) is 0 Å². The molecule has 1 saturated carbocycles. The van der Waals surface area contributed by atoms with Gasteiger partial charge >= 0.3 is 0 Å². The van der Waals surface area contributed by atoms with Crippen molar-refractivity contribution >= 4 is 29.7 Å². The standard InChI is InChI=1S/C17H27N3OS.ClH/c1-17(18)10-5-4-6-12(17)16(21)19-11-9-15-20-13-7-2-3-8-14(13)22-15;/h12H,2-11,18H2,1H3,(H,19,21);1H. The smallest absolute Gasteiger partial charge is 0.224 e. The topological polar surface area (TPSA) is 68.0 Å². The molecule has 1 fully saturated rings. The predicted molar refractivity (Wildman–Crippen MR) is 97.3 cm³/mol. The molecule has 23 heavy (non-hydrogen) atoms. The first kappa shape index (κ1) is 18.7. The second-order valence-corrected chi connectivity index (χ2v) is 8.20. The van der Waals surface area contributed by atoms with E-state index in [-0.39, 0.29) is 29.8 Å². The number of nitrogens with one attached hydrogen (secondary N) is 1. The number of aryl methyl sites for hydroxylation is 2. The molecule has 0 aromatic carbocycles. The first-order valence-electron chi connectivity index (χ1n) is 8.60. The van der Waals surface area contributed by atoms with E-state index >= 15 is 0 Å². The maximum absolute atomic E-state index is 12.4. The van der Waals surface area contributed by atoms with Gasteiger partial charge in [0.1, 0.15) is 0 Å². The fourth-order valence-corrected chi connectivity index (χ4v) is 4.87. The Hall–Kier alpha value is -0.650. The first-order valence-corrected chi connectivity index (χ1v) is 9.42. The number of aromatic nitrogens is 1. The Labute approximate surface area is 149 Å². The van der Waals surface area contributed by atoms with E-state index in [9.17, 15) is 4.79 Å². The third-order valence-corrected chi connectivity index (χ3v) is 6.32. The number of carbonyl (C=O) groups is 1. The van der Waals surface area contributed by atoms with Crippen molar-refractivity contribution in [3.63, 3.8) is 0 Å². The van der Waals surface area contributed by atoms with E-state index < -0.39 is 0 Å². The van der Waals surface area contributed by atoms with Gasteiger partial charge < -0.3 is 11.1 Å². The number of nitrogens with two attached hydrogens (primary N) is 1. The van der Waals surface area contributed by atoms with E-state index in [1.165, 1.54) is 34.8 Å². The van der Waals surface area contributed by atoms with Gasteiger partial charge in [-0.2, -0.15) is 0 Å². The van der Waals surface area contributed by atoms with Crippen molar-refractivity contribution < 1.29 is 4.79 Å². The van der Waals surface area contributed by atoms with Crippen molar-refractivity contribution in [2.24, 2.45) is 11.7 Å². The fourth-order valence-electron chi connectivity index (χ4n) is 3.72. The van der Waals surface area contributed by atoms with Crippen LogP contribution in [-0.4, -0.2) is 23.0 Å². The van der Waals surface area contributed by atoms with Gasteiger partial charge in [-0.15, -0.1) is 23.7 Å². The van der Waals surface area contributed by atoms with Gasteiger partial charge in [-0.1, -0.05) is 12.8 Å². The minimum atomic E-state index is -0.345. The summed E-state index contributed by atoms with van der Waals surface area (Å²) in [6.45, 7) is 2.70. The van der Waals surface area contributed by atoms with Gasteiger partial charge in [0.05, 0.1) is 16.6 Å². The highest BCUT2D eigenvalue weighted by Crippen LogP contribution is 2.31. The zero-order chi connectivity index (χ0) is 15.6. The lowest BCUT2D eigenvalue weighted by molar-refractivity contribution is -0.128. The van der Waals surface area contributed by atoms with Crippen molar-refractivity contribution in [2.75, 3.05) is 6.54 Å². The predicted octanol–water partition coefficient (Wildman–Crippen LogP) is 3.01. The minimum Gasteiger partial charge on any atom is -0.355 e. The van der Waals surface area contributed by atoms with Crippen molar-refractivity contribution in [3.05, 3.63) is 15.6 Å². The van der Waals surface area contributed by atoms with Crippen LogP contribution in [0, 0.1) is 5.92 Å². The summed E-state index contributed by atoms with van der Waals surface area (Å²) in [5.41, 5.74) is 7.26. The molecule has 0 aliphatic heterocycles. The molecule has 2 aliphatic carbocycles. The Morgan fingerprint density at radius 1 is 1.35 bits per heavy atom. The van der Waals surface area contributed by atoms with Crippen LogP contribution in [0.2, 0.25) is 0 Å². The van der Waals surface area contributed by atoms with Crippen molar-refractivity contribution in [1.29, 1.82) is 0 Å². The Balaban J connectivity index is 0.00000192. The summed E-state index contributed by atoms with van der Waals surface area (Å²) < 4.78 is 0. The van der Waals surface area contributed by atoms with Crippen molar-refractivity contribution in [3.8, 4) is 0 Å². The van der Waals surface area contributed by atoms with Gasteiger partial charge in [0.25, 0.3) is 0 Å². The average molecular weight is 358 g/mol. The highest BCUT2D eigenvalue weighted by molar-refractivity contribution is 7.11. The van der Waals surface area contributed by atoms with E-state index in [0.717, 1.165) is 38.5 Å². The summed E-state index contributed by atoms with van der Waals surface area (Å²) in [6, 6.07) is 0. The molecule has 6 heteroatoms. The molecule has 0 spiro atoms. The third-order valence-electron chi connectivity index (χ3n) is 5.10. The van der Waals surface area contributed by atoms with E-state index in [0.29, 0.717) is 6.54 Å². The zero-order valence-corrected chi connectivity index (χ0v) is 15.5. The Bertz CT molecular complexity index is 520. The Morgan fingerprint density at radius 2 is 2.13 bits per heavy atom. The van der Waals surface area contributed by atoms with Crippen molar-refractivity contribution in [2.45, 2.75) is 70.3 Å². The molecule has 3 N–H and O–H groups in total. The lowest BCUT2D eigenvalue weighted by Gasteiger charge is -2.37. The van der Waals surface area contributed by atoms with Gasteiger partial charge in [0, 0.05) is 23.4 Å². The summed E-state index contributed by atoms with van der Waals surface area (Å²) in [7, 11) is 0. The van der Waals surface area contributed by atoms with Crippen LogP contribution < -0.4 is 11.1 Å². The van der Waals surface area contributed by atoms with E-state index in [1.807, 2.05) is 18.3 Å². The Morgan fingerprint density at radius 3 is 2.87 bits per heavy atom. The molecule has 0 radical (unpaired) electrons. The summed E-state index contributed by atoms with van der Waals surface area (Å²) >= 11 is 1.84. The van der Waals surface area contributed by atoms with Crippen molar-refractivity contribution in [1.82, 2.24) is 10.3 Å². The van der Waals surface area contributed by atoms with E-state index in [1.54, 1.807) is 0 Å². The zero-order valence-electron chi connectivity index (χ0n) is 13.9. The lowest BCUT2D eigenvalue weighted by atomic mass is 9.74. The quantitative estimate of drug-likeness (QED) is 0.870. The Kier molecular flexibility index (Phi) is 6.46. The van der Waals surface area contributed by atoms with Crippen LogP contribution in [-0.2, 0) is 24.1 Å². The number of hydrogen-bond acceptors (Lipinski definition) is 4. The third kappa shape index (κ3) is 4.46. The molecule has 1 aromatic heterocycles. The summed E-state index contributed by atoms with van der Waals surface area (Å²) in [5.74, 6) is 0.0942. The summed E-state index contributed by atoms with van der Waals surface area (Å²) in [4.78, 5) is 18.6. The highest BCUT2D eigenvalue weighted by atomic mass is 35.5. The number of hydrogen-bond donors (Lipinski definition) is 2. The van der Waals surface area contributed by atoms with Gasteiger partial charge in [0.2, 0.25) is 5.91 Å². The monoisotopic (exact) mass is 357 g/mol. The van der Waals surface area contributed by atoms with Crippen LogP contribution in [0.4, 0.5) is 0 Å². The minimum absolute atomic E-state index is 0. The van der Waals surface area contributed by atoms with Gasteiger partial charge in [0.15, 0.2) is 0 Å². The molecule has 2 unspecified atom stereocenters. The van der Waals surface area contributed by atoms with Crippen LogP contribution in [0.15, 0.2) is 0 Å². The molecule has 4 nitrogen and oxygen atoms in total. The molecular weight excluding hydrogens is 330 g/mol.